The number of nitrogens with two attached hydrogens (primary N) is 1. The van der Waals surface area contributed by atoms with Crippen molar-refractivity contribution in [2.45, 2.75) is 131 Å². The maximum atomic E-state index is 12.7. The molecule has 0 spiro atoms. The Kier molecular flexibility index (Phi) is 16.5. The zero-order valence-corrected chi connectivity index (χ0v) is 26.9. The highest BCUT2D eigenvalue weighted by molar-refractivity contribution is 5.76. The molecule has 1 rings (SSSR count). The van der Waals surface area contributed by atoms with Gasteiger partial charge in [0.2, 0.25) is 0 Å². The Morgan fingerprint density at radius 1 is 0.651 bits per heavy atom. The maximum Gasteiger partial charge on any atom is 0.514 e. The highest BCUT2D eigenvalue weighted by Crippen LogP contribution is 2.30. The SMILES string of the molecule is CCCC(C)OC(=O)Oc1cc(C[C@H](N)C(=O)OC(C)C(C)OC(=O)OC(C)C(C)C)ccc1OC(=O)O[C@@H](C)CCC. The minimum absolute atomic E-state index is 0.00928. The Bertz CT molecular complexity index is 1040. The molecule has 0 aliphatic carbocycles. The van der Waals surface area contributed by atoms with Gasteiger partial charge >= 0.3 is 24.4 Å². The van der Waals surface area contributed by atoms with Crippen LogP contribution in [0.4, 0.5) is 14.4 Å². The van der Waals surface area contributed by atoms with Crippen LogP contribution in [0.15, 0.2) is 18.2 Å². The molecule has 0 fully saturated rings. The summed E-state index contributed by atoms with van der Waals surface area (Å²) in [4.78, 5) is 49.5. The second kappa shape index (κ2) is 18.9. The molecule has 0 aliphatic heterocycles. The molecule has 0 saturated heterocycles. The molecule has 12 heteroatoms. The molecule has 0 heterocycles. The van der Waals surface area contributed by atoms with E-state index in [4.69, 9.17) is 38.9 Å². The highest BCUT2D eigenvalue weighted by atomic mass is 16.8. The van der Waals surface area contributed by atoms with Gasteiger partial charge in [-0.25, -0.2) is 14.4 Å². The van der Waals surface area contributed by atoms with Gasteiger partial charge in [-0.05, 0) is 77.5 Å². The van der Waals surface area contributed by atoms with Gasteiger partial charge in [0.25, 0.3) is 0 Å². The molecule has 0 aromatic heterocycles. The Morgan fingerprint density at radius 3 is 1.65 bits per heavy atom. The summed E-state index contributed by atoms with van der Waals surface area (Å²) in [6.07, 6.45) is -2.60. The first kappa shape index (κ1) is 37.5. The summed E-state index contributed by atoms with van der Waals surface area (Å²) in [5, 5.41) is 0. The monoisotopic (exact) mass is 611 g/mol. The zero-order valence-electron chi connectivity index (χ0n) is 26.9. The van der Waals surface area contributed by atoms with E-state index in [0.717, 1.165) is 12.8 Å². The van der Waals surface area contributed by atoms with Crippen molar-refractivity contribution in [3.05, 3.63) is 23.8 Å². The van der Waals surface area contributed by atoms with Gasteiger partial charge in [0.1, 0.15) is 36.6 Å². The van der Waals surface area contributed by atoms with E-state index in [1.807, 2.05) is 27.7 Å². The Morgan fingerprint density at radius 2 is 1.14 bits per heavy atom. The molecular formula is C31H49NO11. The lowest BCUT2D eigenvalue weighted by molar-refractivity contribution is -0.155. The van der Waals surface area contributed by atoms with Crippen LogP contribution in [0.1, 0.15) is 93.6 Å². The molecule has 0 aliphatic rings. The fourth-order valence-electron chi connectivity index (χ4n) is 3.60. The van der Waals surface area contributed by atoms with Crippen molar-refractivity contribution < 1.29 is 52.3 Å². The number of hydrogen-bond donors (Lipinski definition) is 1. The number of rotatable bonds is 16. The molecule has 6 atom stereocenters. The van der Waals surface area contributed by atoms with E-state index < -0.39 is 42.7 Å². The first-order chi connectivity index (χ1) is 20.2. The van der Waals surface area contributed by atoms with Crippen LogP contribution in [0.5, 0.6) is 11.5 Å². The maximum absolute atomic E-state index is 12.7. The summed E-state index contributed by atoms with van der Waals surface area (Å²) in [6, 6.07) is 3.26. The Labute approximate surface area is 254 Å². The van der Waals surface area contributed by atoms with Gasteiger partial charge in [-0.15, -0.1) is 0 Å². The van der Waals surface area contributed by atoms with Crippen LogP contribution in [0.3, 0.4) is 0 Å². The predicted molar refractivity (Wildman–Crippen MR) is 158 cm³/mol. The minimum Gasteiger partial charge on any atom is -0.458 e. The lowest BCUT2D eigenvalue weighted by atomic mass is 10.1. The lowest BCUT2D eigenvalue weighted by Crippen LogP contribution is -2.39. The van der Waals surface area contributed by atoms with E-state index >= 15 is 0 Å². The third-order valence-corrected chi connectivity index (χ3v) is 6.60. The van der Waals surface area contributed by atoms with E-state index in [1.165, 1.54) is 12.1 Å². The van der Waals surface area contributed by atoms with Crippen LogP contribution in [0.2, 0.25) is 0 Å². The molecule has 43 heavy (non-hydrogen) atoms. The van der Waals surface area contributed by atoms with Crippen LogP contribution in [-0.4, -0.2) is 61.0 Å². The van der Waals surface area contributed by atoms with Gasteiger partial charge in [-0.3, -0.25) is 4.79 Å². The Hall–Kier alpha value is -3.54. The molecule has 0 radical (unpaired) electrons. The highest BCUT2D eigenvalue weighted by Gasteiger charge is 2.26. The topological polar surface area (TPSA) is 159 Å². The van der Waals surface area contributed by atoms with Crippen molar-refractivity contribution in [2.75, 3.05) is 0 Å². The molecule has 4 unspecified atom stereocenters. The number of hydrogen-bond acceptors (Lipinski definition) is 12. The first-order valence-electron chi connectivity index (χ1n) is 14.9. The molecule has 1 aromatic carbocycles. The van der Waals surface area contributed by atoms with Crippen molar-refractivity contribution in [1.29, 1.82) is 0 Å². The zero-order chi connectivity index (χ0) is 32.7. The summed E-state index contributed by atoms with van der Waals surface area (Å²) >= 11 is 0. The predicted octanol–water partition coefficient (Wildman–Crippen LogP) is 6.48. The van der Waals surface area contributed by atoms with E-state index in [-0.39, 0.29) is 42.1 Å². The quantitative estimate of drug-likeness (QED) is 0.123. The second-order valence-corrected chi connectivity index (χ2v) is 11.0. The molecule has 0 bridgehead atoms. The van der Waals surface area contributed by atoms with E-state index in [1.54, 1.807) is 40.7 Å². The van der Waals surface area contributed by atoms with Crippen LogP contribution >= 0.6 is 0 Å². The minimum atomic E-state index is -1.11. The van der Waals surface area contributed by atoms with Crippen molar-refractivity contribution in [1.82, 2.24) is 0 Å². The number of esters is 1. The van der Waals surface area contributed by atoms with Gasteiger partial charge in [0.15, 0.2) is 11.5 Å². The van der Waals surface area contributed by atoms with Crippen molar-refractivity contribution >= 4 is 24.4 Å². The van der Waals surface area contributed by atoms with Crippen LogP contribution in [0, 0.1) is 5.92 Å². The number of benzene rings is 1. The van der Waals surface area contributed by atoms with Gasteiger partial charge in [0.05, 0.1) is 0 Å². The van der Waals surface area contributed by atoms with E-state index in [0.29, 0.717) is 18.4 Å². The van der Waals surface area contributed by atoms with E-state index in [9.17, 15) is 19.2 Å². The smallest absolute Gasteiger partial charge is 0.458 e. The standard InChI is InChI=1S/C31H49NO11/c1-10-12-19(5)37-29(34)42-26-15-14-24(17-27(26)43-30(35)38-20(6)13-11-2)16-25(32)28(33)39-22(8)23(9)41-31(36)40-21(7)18(3)4/h14-15,17-23,25H,10-13,16,32H2,1-9H3/t19-,20?,21?,22?,23?,25-/m0/s1. The summed E-state index contributed by atoms with van der Waals surface area (Å²) < 4.78 is 37.0. The van der Waals surface area contributed by atoms with Crippen LogP contribution in [0.25, 0.3) is 0 Å². The third kappa shape index (κ3) is 14.5. The Balaban J connectivity index is 2.95. The summed E-state index contributed by atoms with van der Waals surface area (Å²) in [7, 11) is 0. The number of carbonyl (C=O) groups excluding carboxylic acids is 4. The van der Waals surface area contributed by atoms with Crippen molar-refractivity contribution in [3.8, 4) is 11.5 Å². The normalized spacial score (nSPS) is 15.2. The van der Waals surface area contributed by atoms with Crippen molar-refractivity contribution in [2.24, 2.45) is 11.7 Å². The molecule has 1 aromatic rings. The molecule has 0 amide bonds. The molecular weight excluding hydrogens is 562 g/mol. The van der Waals surface area contributed by atoms with Crippen LogP contribution in [-0.2, 0) is 34.9 Å². The van der Waals surface area contributed by atoms with E-state index in [2.05, 4.69) is 0 Å². The van der Waals surface area contributed by atoms with Gasteiger partial charge in [0, 0.05) is 0 Å². The molecule has 0 saturated carbocycles. The van der Waals surface area contributed by atoms with Crippen molar-refractivity contribution in [3.63, 3.8) is 0 Å². The van der Waals surface area contributed by atoms with Gasteiger partial charge in [-0.1, -0.05) is 46.6 Å². The average molecular weight is 612 g/mol. The third-order valence-electron chi connectivity index (χ3n) is 6.60. The molecule has 244 valence electrons. The number of carbonyl (C=O) groups is 4. The van der Waals surface area contributed by atoms with Gasteiger partial charge in [-0.2, -0.15) is 0 Å². The molecule has 12 nitrogen and oxygen atoms in total. The fraction of sp³-hybridized carbons (Fsp3) is 0.677. The fourth-order valence-corrected chi connectivity index (χ4v) is 3.60. The second-order valence-electron chi connectivity index (χ2n) is 11.0. The first-order valence-corrected chi connectivity index (χ1v) is 14.9. The molecule has 2 N–H and O–H groups in total. The number of ether oxygens (including phenoxy) is 7. The summed E-state index contributed by atoms with van der Waals surface area (Å²) in [6.45, 7) is 16.1. The largest absolute Gasteiger partial charge is 0.514 e. The summed E-state index contributed by atoms with van der Waals surface area (Å²) in [5.41, 5.74) is 6.59. The van der Waals surface area contributed by atoms with Crippen LogP contribution < -0.4 is 15.2 Å². The lowest BCUT2D eigenvalue weighted by Gasteiger charge is -2.23. The summed E-state index contributed by atoms with van der Waals surface area (Å²) in [5.74, 6) is -0.819. The van der Waals surface area contributed by atoms with Gasteiger partial charge < -0.3 is 38.9 Å². The average Bonchev–Trinajstić information content (AvgIpc) is 2.89.